The van der Waals surface area contributed by atoms with Crippen LogP contribution in [0.5, 0.6) is 5.75 Å². The lowest BCUT2D eigenvalue weighted by Crippen LogP contribution is -2.29. The largest absolute Gasteiger partial charge is 0.492 e. The number of aryl methyl sites for hydroxylation is 3. The topological polar surface area (TPSA) is 38.3 Å². The minimum Gasteiger partial charge on any atom is -0.492 e. The number of rotatable bonds is 6. The number of hydrogen-bond donors (Lipinski definition) is 1. The molecule has 0 fully saturated rings. The highest BCUT2D eigenvalue weighted by Crippen LogP contribution is 2.25. The fraction of sp³-hybridized carbons (Fsp3) is 0.350. The third-order valence-corrected chi connectivity index (χ3v) is 4.25. The standard InChI is InChI=1S/C20H23NO2/c1-15-5-7-16(8-6-15)13-20(22)21-11-12-23-19-10-9-17-3-2-4-18(17)14-19/h5-10,14H,2-4,11-13H2,1H3,(H,21,22). The van der Waals surface area contributed by atoms with Gasteiger partial charge < -0.3 is 10.1 Å². The summed E-state index contributed by atoms with van der Waals surface area (Å²) in [5.74, 6) is 0.935. The molecule has 0 atom stereocenters. The summed E-state index contributed by atoms with van der Waals surface area (Å²) in [7, 11) is 0. The predicted octanol–water partition coefficient (Wildman–Crippen LogP) is 3.22. The van der Waals surface area contributed by atoms with E-state index in [1.165, 1.54) is 29.5 Å². The molecule has 1 aliphatic carbocycles. The van der Waals surface area contributed by atoms with Crippen molar-refractivity contribution in [1.29, 1.82) is 0 Å². The van der Waals surface area contributed by atoms with Crippen LogP contribution in [0.3, 0.4) is 0 Å². The summed E-state index contributed by atoms with van der Waals surface area (Å²) in [6.07, 6.45) is 4.00. The van der Waals surface area contributed by atoms with E-state index in [4.69, 9.17) is 4.74 Å². The SMILES string of the molecule is Cc1ccc(CC(=O)NCCOc2ccc3c(c2)CCC3)cc1. The Balaban J connectivity index is 1.39. The summed E-state index contributed by atoms with van der Waals surface area (Å²) in [6.45, 7) is 3.07. The van der Waals surface area contributed by atoms with Gasteiger partial charge in [0.25, 0.3) is 0 Å². The highest BCUT2D eigenvalue weighted by Gasteiger charge is 2.11. The summed E-state index contributed by atoms with van der Waals surface area (Å²) in [5.41, 5.74) is 5.10. The first-order valence-corrected chi connectivity index (χ1v) is 8.27. The van der Waals surface area contributed by atoms with E-state index in [1.807, 2.05) is 37.3 Å². The van der Waals surface area contributed by atoms with E-state index < -0.39 is 0 Å². The summed E-state index contributed by atoms with van der Waals surface area (Å²) >= 11 is 0. The van der Waals surface area contributed by atoms with Crippen LogP contribution in [-0.4, -0.2) is 19.1 Å². The number of benzene rings is 2. The Morgan fingerprint density at radius 2 is 1.87 bits per heavy atom. The van der Waals surface area contributed by atoms with Crippen molar-refractivity contribution in [3.63, 3.8) is 0 Å². The zero-order valence-corrected chi connectivity index (χ0v) is 13.6. The molecule has 0 saturated heterocycles. The van der Waals surface area contributed by atoms with Crippen LogP contribution in [0.1, 0.15) is 28.7 Å². The lowest BCUT2D eigenvalue weighted by Gasteiger charge is -2.09. The molecule has 2 aromatic rings. The fourth-order valence-electron chi connectivity index (χ4n) is 2.95. The highest BCUT2D eigenvalue weighted by atomic mass is 16.5. The molecule has 3 rings (SSSR count). The average molecular weight is 309 g/mol. The molecule has 0 heterocycles. The van der Waals surface area contributed by atoms with E-state index in [1.54, 1.807) is 0 Å². The minimum absolute atomic E-state index is 0.0337. The second kappa shape index (κ2) is 7.32. The quantitative estimate of drug-likeness (QED) is 0.832. The Labute approximate surface area is 137 Å². The number of amides is 1. The molecule has 0 spiro atoms. The monoisotopic (exact) mass is 309 g/mol. The van der Waals surface area contributed by atoms with Crippen LogP contribution in [0.25, 0.3) is 0 Å². The van der Waals surface area contributed by atoms with Crippen LogP contribution in [-0.2, 0) is 24.1 Å². The molecule has 0 radical (unpaired) electrons. The molecule has 0 saturated carbocycles. The maximum absolute atomic E-state index is 11.9. The van der Waals surface area contributed by atoms with Crippen LogP contribution in [0.2, 0.25) is 0 Å². The minimum atomic E-state index is 0.0337. The summed E-state index contributed by atoms with van der Waals surface area (Å²) in [6, 6.07) is 14.4. The van der Waals surface area contributed by atoms with Gasteiger partial charge in [-0.2, -0.15) is 0 Å². The van der Waals surface area contributed by atoms with E-state index in [0.29, 0.717) is 19.6 Å². The van der Waals surface area contributed by atoms with Gasteiger partial charge in [-0.25, -0.2) is 0 Å². The van der Waals surface area contributed by atoms with E-state index >= 15 is 0 Å². The number of fused-ring (bicyclic) bond motifs is 1. The molecule has 1 aliphatic rings. The van der Waals surface area contributed by atoms with Crippen LogP contribution >= 0.6 is 0 Å². The summed E-state index contributed by atoms with van der Waals surface area (Å²) in [5, 5.41) is 2.90. The second-order valence-electron chi connectivity index (χ2n) is 6.14. The maximum atomic E-state index is 11.9. The van der Waals surface area contributed by atoms with E-state index in [9.17, 15) is 4.79 Å². The van der Waals surface area contributed by atoms with Gasteiger partial charge in [0.1, 0.15) is 12.4 Å². The van der Waals surface area contributed by atoms with Crippen molar-refractivity contribution in [1.82, 2.24) is 5.32 Å². The van der Waals surface area contributed by atoms with Crippen molar-refractivity contribution in [2.75, 3.05) is 13.2 Å². The molecule has 0 aromatic heterocycles. The molecule has 0 bridgehead atoms. The van der Waals surface area contributed by atoms with Gasteiger partial charge in [0.15, 0.2) is 0 Å². The second-order valence-corrected chi connectivity index (χ2v) is 6.14. The normalized spacial score (nSPS) is 12.7. The molecule has 3 heteroatoms. The molecule has 0 aliphatic heterocycles. The van der Waals surface area contributed by atoms with Gasteiger partial charge in [0.2, 0.25) is 5.91 Å². The van der Waals surface area contributed by atoms with Gasteiger partial charge in [0.05, 0.1) is 13.0 Å². The molecule has 120 valence electrons. The maximum Gasteiger partial charge on any atom is 0.224 e. The Morgan fingerprint density at radius 1 is 1.09 bits per heavy atom. The first kappa shape index (κ1) is 15.6. The van der Waals surface area contributed by atoms with Crippen LogP contribution in [0, 0.1) is 6.92 Å². The van der Waals surface area contributed by atoms with E-state index in [-0.39, 0.29) is 5.91 Å². The number of carbonyl (C=O) groups is 1. The number of nitrogens with one attached hydrogen (secondary N) is 1. The van der Waals surface area contributed by atoms with E-state index in [0.717, 1.165) is 17.7 Å². The Bertz CT molecular complexity index is 677. The van der Waals surface area contributed by atoms with E-state index in [2.05, 4.69) is 17.4 Å². The summed E-state index contributed by atoms with van der Waals surface area (Å²) in [4.78, 5) is 11.9. The fourth-order valence-corrected chi connectivity index (χ4v) is 2.95. The molecule has 3 nitrogen and oxygen atoms in total. The first-order chi connectivity index (χ1) is 11.2. The van der Waals surface area contributed by atoms with Gasteiger partial charge in [-0.05, 0) is 55.0 Å². The first-order valence-electron chi connectivity index (χ1n) is 8.27. The third kappa shape index (κ3) is 4.35. The van der Waals surface area contributed by atoms with Gasteiger partial charge >= 0.3 is 0 Å². The lowest BCUT2D eigenvalue weighted by molar-refractivity contribution is -0.120. The third-order valence-electron chi connectivity index (χ3n) is 4.25. The van der Waals surface area contributed by atoms with Crippen molar-refractivity contribution in [2.45, 2.75) is 32.6 Å². The van der Waals surface area contributed by atoms with Gasteiger partial charge in [-0.3, -0.25) is 4.79 Å². The van der Waals surface area contributed by atoms with Crippen LogP contribution < -0.4 is 10.1 Å². The van der Waals surface area contributed by atoms with Gasteiger partial charge in [0, 0.05) is 0 Å². The molecule has 2 aromatic carbocycles. The van der Waals surface area contributed by atoms with Crippen molar-refractivity contribution in [2.24, 2.45) is 0 Å². The molecular weight excluding hydrogens is 286 g/mol. The van der Waals surface area contributed by atoms with Crippen molar-refractivity contribution in [3.8, 4) is 5.75 Å². The van der Waals surface area contributed by atoms with Crippen molar-refractivity contribution >= 4 is 5.91 Å². The number of carbonyl (C=O) groups excluding carboxylic acids is 1. The molecule has 0 unspecified atom stereocenters. The van der Waals surface area contributed by atoms with Crippen molar-refractivity contribution < 1.29 is 9.53 Å². The molecule has 1 amide bonds. The zero-order chi connectivity index (χ0) is 16.1. The molecule has 1 N–H and O–H groups in total. The van der Waals surface area contributed by atoms with Crippen molar-refractivity contribution in [3.05, 3.63) is 64.7 Å². The van der Waals surface area contributed by atoms with Gasteiger partial charge in [-0.1, -0.05) is 35.9 Å². The highest BCUT2D eigenvalue weighted by molar-refractivity contribution is 5.78. The van der Waals surface area contributed by atoms with Crippen LogP contribution in [0.4, 0.5) is 0 Å². The van der Waals surface area contributed by atoms with Crippen LogP contribution in [0.15, 0.2) is 42.5 Å². The molecule has 23 heavy (non-hydrogen) atoms. The number of ether oxygens (including phenoxy) is 1. The average Bonchev–Trinajstić information content (AvgIpc) is 3.01. The Kier molecular flexibility index (Phi) is 4.96. The lowest BCUT2D eigenvalue weighted by atomic mass is 10.1. The van der Waals surface area contributed by atoms with Gasteiger partial charge in [-0.15, -0.1) is 0 Å². The Hall–Kier alpha value is -2.29. The predicted molar refractivity (Wildman–Crippen MR) is 91.9 cm³/mol. The Morgan fingerprint density at radius 3 is 2.70 bits per heavy atom. The zero-order valence-electron chi connectivity index (χ0n) is 13.6. The smallest absolute Gasteiger partial charge is 0.224 e. The molecular formula is C20H23NO2. The number of hydrogen-bond acceptors (Lipinski definition) is 2. The summed E-state index contributed by atoms with van der Waals surface area (Å²) < 4.78 is 5.73.